The summed E-state index contributed by atoms with van der Waals surface area (Å²) in [7, 11) is 0. The number of hydrazone groups is 1. The summed E-state index contributed by atoms with van der Waals surface area (Å²) < 4.78 is 32.9. The summed E-state index contributed by atoms with van der Waals surface area (Å²) in [5, 5.41) is 3.84. The first kappa shape index (κ1) is 19.7. The molecule has 3 aromatic carbocycles. The molecule has 0 aliphatic heterocycles. The molecule has 0 saturated heterocycles. The minimum atomic E-state index is -0.632. The van der Waals surface area contributed by atoms with Gasteiger partial charge in [0.2, 0.25) is 0 Å². The van der Waals surface area contributed by atoms with Gasteiger partial charge in [-0.1, -0.05) is 24.3 Å². The van der Waals surface area contributed by atoms with E-state index in [2.05, 4.69) is 26.5 Å². The zero-order chi connectivity index (χ0) is 19.9. The summed E-state index contributed by atoms with van der Waals surface area (Å²) in [6.45, 7) is 0.297. The number of hydrogen-bond acceptors (Lipinski definition) is 3. The van der Waals surface area contributed by atoms with Gasteiger partial charge in [-0.15, -0.1) is 0 Å². The van der Waals surface area contributed by atoms with Crippen molar-refractivity contribution in [2.75, 3.05) is 0 Å². The molecule has 7 heteroatoms. The summed E-state index contributed by atoms with van der Waals surface area (Å²) in [6, 6.07) is 17.0. The Hall–Kier alpha value is -3.06. The van der Waals surface area contributed by atoms with Crippen LogP contribution >= 0.6 is 15.9 Å². The fourth-order valence-electron chi connectivity index (χ4n) is 2.33. The Morgan fingerprint density at radius 3 is 2.54 bits per heavy atom. The van der Waals surface area contributed by atoms with Crippen LogP contribution in [0.2, 0.25) is 0 Å². The molecule has 142 valence electrons. The van der Waals surface area contributed by atoms with Crippen molar-refractivity contribution in [1.29, 1.82) is 0 Å². The average Bonchev–Trinajstić information content (AvgIpc) is 2.69. The third-order valence-electron chi connectivity index (χ3n) is 3.76. The number of carbonyl (C=O) groups excluding carboxylic acids is 1. The number of ether oxygens (including phenoxy) is 1. The summed E-state index contributed by atoms with van der Waals surface area (Å²) >= 11 is 3.42. The van der Waals surface area contributed by atoms with Crippen LogP contribution in [0.3, 0.4) is 0 Å². The van der Waals surface area contributed by atoms with Crippen molar-refractivity contribution in [3.05, 3.63) is 99.5 Å². The van der Waals surface area contributed by atoms with E-state index in [4.69, 9.17) is 4.74 Å². The Bertz CT molecular complexity index is 1010. The highest BCUT2D eigenvalue weighted by molar-refractivity contribution is 9.10. The van der Waals surface area contributed by atoms with E-state index in [1.165, 1.54) is 36.5 Å². The highest BCUT2D eigenvalue weighted by atomic mass is 79.9. The Balaban J connectivity index is 1.59. The van der Waals surface area contributed by atoms with Gasteiger partial charge >= 0.3 is 0 Å². The Labute approximate surface area is 169 Å². The van der Waals surface area contributed by atoms with Crippen molar-refractivity contribution in [2.45, 2.75) is 6.61 Å². The van der Waals surface area contributed by atoms with E-state index in [1.54, 1.807) is 36.4 Å². The maximum atomic E-state index is 13.6. The highest BCUT2D eigenvalue weighted by Crippen LogP contribution is 2.26. The molecule has 28 heavy (non-hydrogen) atoms. The van der Waals surface area contributed by atoms with Crippen molar-refractivity contribution in [2.24, 2.45) is 5.10 Å². The van der Waals surface area contributed by atoms with E-state index >= 15 is 0 Å². The normalized spacial score (nSPS) is 10.8. The molecule has 3 aromatic rings. The van der Waals surface area contributed by atoms with Gasteiger partial charge in [0.15, 0.2) is 0 Å². The van der Waals surface area contributed by atoms with Crippen LogP contribution in [0.15, 0.2) is 76.3 Å². The van der Waals surface area contributed by atoms with Gasteiger partial charge in [0.05, 0.1) is 16.3 Å². The number of amides is 1. The monoisotopic (exact) mass is 444 g/mol. The first-order valence-corrected chi connectivity index (χ1v) is 9.07. The van der Waals surface area contributed by atoms with Crippen LogP contribution in [0, 0.1) is 11.6 Å². The number of nitrogens with one attached hydrogen (secondary N) is 1. The number of carbonyl (C=O) groups is 1. The molecule has 0 aliphatic carbocycles. The second-order valence-corrected chi connectivity index (χ2v) is 6.64. The Morgan fingerprint density at radius 2 is 1.82 bits per heavy atom. The predicted molar refractivity (Wildman–Crippen MR) is 106 cm³/mol. The van der Waals surface area contributed by atoms with Crippen molar-refractivity contribution in [3.63, 3.8) is 0 Å². The number of rotatable bonds is 6. The van der Waals surface area contributed by atoms with Gasteiger partial charge < -0.3 is 4.74 Å². The van der Waals surface area contributed by atoms with Crippen molar-refractivity contribution in [3.8, 4) is 5.75 Å². The van der Waals surface area contributed by atoms with Crippen molar-refractivity contribution < 1.29 is 18.3 Å². The van der Waals surface area contributed by atoms with Crippen LogP contribution in [0.4, 0.5) is 8.78 Å². The smallest absolute Gasteiger partial charge is 0.274 e. The highest BCUT2D eigenvalue weighted by Gasteiger charge is 2.09. The molecule has 0 saturated carbocycles. The average molecular weight is 445 g/mol. The molecule has 1 N–H and O–H groups in total. The van der Waals surface area contributed by atoms with Gasteiger partial charge in [0.1, 0.15) is 24.0 Å². The molecule has 0 bridgehead atoms. The summed E-state index contributed by atoms with van der Waals surface area (Å²) in [5.74, 6) is -0.930. The maximum Gasteiger partial charge on any atom is 0.274 e. The van der Waals surface area contributed by atoms with E-state index in [9.17, 15) is 13.6 Å². The SMILES string of the molecule is O=C(N/N=C\c1ccc(OCc2ccc(F)cc2)c(Br)c1)c1ccccc1F. The molecule has 0 spiro atoms. The van der Waals surface area contributed by atoms with Crippen LogP contribution in [0.25, 0.3) is 0 Å². The lowest BCUT2D eigenvalue weighted by Crippen LogP contribution is -2.18. The molecule has 0 aromatic heterocycles. The van der Waals surface area contributed by atoms with Crippen LogP contribution in [-0.4, -0.2) is 12.1 Å². The summed E-state index contributed by atoms with van der Waals surface area (Å²) in [4.78, 5) is 11.9. The maximum absolute atomic E-state index is 13.6. The zero-order valence-electron chi connectivity index (χ0n) is 14.5. The first-order valence-electron chi connectivity index (χ1n) is 8.27. The van der Waals surface area contributed by atoms with Crippen LogP contribution in [-0.2, 0) is 6.61 Å². The number of hydrogen-bond donors (Lipinski definition) is 1. The summed E-state index contributed by atoms with van der Waals surface area (Å²) in [5.41, 5.74) is 3.75. The molecule has 0 unspecified atom stereocenters. The number of benzene rings is 3. The standard InChI is InChI=1S/C21H15BrF2N2O2/c22-18-11-15(12-25-26-21(27)17-3-1-2-4-19(17)24)7-10-20(18)28-13-14-5-8-16(23)9-6-14/h1-12H,13H2,(H,26,27)/b25-12-. The zero-order valence-corrected chi connectivity index (χ0v) is 16.1. The molecule has 4 nitrogen and oxygen atoms in total. The van der Waals surface area contributed by atoms with Crippen LogP contribution < -0.4 is 10.2 Å². The first-order chi connectivity index (χ1) is 13.5. The van der Waals surface area contributed by atoms with E-state index in [0.717, 1.165) is 5.56 Å². The Kier molecular flexibility index (Phi) is 6.49. The molecule has 0 heterocycles. The van der Waals surface area contributed by atoms with E-state index in [-0.39, 0.29) is 11.4 Å². The quantitative estimate of drug-likeness (QED) is 0.426. The molecular weight excluding hydrogens is 430 g/mol. The topological polar surface area (TPSA) is 50.7 Å². The summed E-state index contributed by atoms with van der Waals surface area (Å²) in [6.07, 6.45) is 1.44. The van der Waals surface area contributed by atoms with Gasteiger partial charge in [0, 0.05) is 0 Å². The van der Waals surface area contributed by atoms with Gasteiger partial charge in [-0.3, -0.25) is 4.79 Å². The van der Waals surface area contributed by atoms with Crippen LogP contribution in [0.5, 0.6) is 5.75 Å². The second kappa shape index (κ2) is 9.23. The number of nitrogens with zero attached hydrogens (tertiary/aromatic N) is 1. The lowest BCUT2D eigenvalue weighted by atomic mass is 10.2. The molecular formula is C21H15BrF2N2O2. The molecule has 3 rings (SSSR count). The molecule has 1 amide bonds. The predicted octanol–water partition coefficient (Wildman–Crippen LogP) is 5.07. The molecule has 0 fully saturated rings. The minimum Gasteiger partial charge on any atom is -0.488 e. The Morgan fingerprint density at radius 1 is 1.07 bits per heavy atom. The largest absolute Gasteiger partial charge is 0.488 e. The third-order valence-corrected chi connectivity index (χ3v) is 4.38. The minimum absolute atomic E-state index is 0.0784. The molecule has 0 atom stereocenters. The van der Waals surface area contributed by atoms with Crippen molar-refractivity contribution in [1.82, 2.24) is 5.43 Å². The van der Waals surface area contributed by atoms with Crippen molar-refractivity contribution >= 4 is 28.1 Å². The second-order valence-electron chi connectivity index (χ2n) is 5.78. The van der Waals surface area contributed by atoms with E-state index in [0.29, 0.717) is 22.4 Å². The lowest BCUT2D eigenvalue weighted by Gasteiger charge is -2.09. The van der Waals surface area contributed by atoms with Gasteiger partial charge in [-0.2, -0.15) is 5.10 Å². The van der Waals surface area contributed by atoms with Gasteiger partial charge in [-0.25, -0.2) is 14.2 Å². The van der Waals surface area contributed by atoms with Crippen LogP contribution in [0.1, 0.15) is 21.5 Å². The van der Waals surface area contributed by atoms with E-state index < -0.39 is 11.7 Å². The van der Waals surface area contributed by atoms with Gasteiger partial charge in [0.25, 0.3) is 5.91 Å². The molecule has 0 aliphatic rings. The molecule has 0 radical (unpaired) electrons. The number of halogens is 3. The fraction of sp³-hybridized carbons (Fsp3) is 0.0476. The van der Waals surface area contributed by atoms with E-state index in [1.807, 2.05) is 0 Å². The van der Waals surface area contributed by atoms with Gasteiger partial charge in [-0.05, 0) is 69.5 Å². The third kappa shape index (κ3) is 5.23. The fourth-order valence-corrected chi connectivity index (χ4v) is 2.84. The lowest BCUT2D eigenvalue weighted by molar-refractivity contribution is 0.0951.